The van der Waals surface area contributed by atoms with Crippen LogP contribution in [0.4, 0.5) is 0 Å². The van der Waals surface area contributed by atoms with Crippen molar-refractivity contribution >= 4 is 17.8 Å². The van der Waals surface area contributed by atoms with Crippen LogP contribution in [0.5, 0.6) is 0 Å². The third-order valence-corrected chi connectivity index (χ3v) is 9.36. The van der Waals surface area contributed by atoms with E-state index in [-0.39, 0.29) is 42.3 Å². The van der Waals surface area contributed by atoms with Crippen LogP contribution in [0.15, 0.2) is 48.5 Å². The van der Waals surface area contributed by atoms with Gasteiger partial charge in [-0.1, -0.05) is 57.2 Å². The van der Waals surface area contributed by atoms with E-state index in [2.05, 4.69) is 67.5 Å². The zero-order valence-electron chi connectivity index (χ0n) is 24.2. The summed E-state index contributed by atoms with van der Waals surface area (Å²) in [6.07, 6.45) is 6.29. The van der Waals surface area contributed by atoms with Gasteiger partial charge in [0.1, 0.15) is 6.04 Å². The summed E-state index contributed by atoms with van der Waals surface area (Å²) in [5.74, 6) is 0.111. The van der Waals surface area contributed by atoms with Crippen molar-refractivity contribution in [2.75, 3.05) is 6.54 Å². The lowest BCUT2D eigenvalue weighted by atomic mass is 9.69. The average molecular weight is 546 g/mol. The second-order valence-electron chi connectivity index (χ2n) is 13.1. The van der Waals surface area contributed by atoms with E-state index in [0.29, 0.717) is 17.4 Å². The van der Waals surface area contributed by atoms with Crippen molar-refractivity contribution in [1.29, 1.82) is 0 Å². The van der Waals surface area contributed by atoms with Crippen LogP contribution >= 0.6 is 0 Å². The Hall–Kier alpha value is -3.19. The number of rotatable bonds is 8. The predicted octanol–water partition coefficient (Wildman–Crippen LogP) is 5.94. The molecule has 3 N–H and O–H groups in total. The molecule has 5 rings (SSSR count). The standard InChI is InChI=1S/C33H43N3O4/c1-21(22-8-12-24(13-9-22)30(39)34-19-16-28(37)38)36-31(40)29(26-7-5-6-25(20-26)23-10-11-23)35-33(36)17-14-27(15-18-33)32(2,3)4/h5-9,12-13,20-21,23,27,29,35H,10-11,14-19H2,1-4H3,(H,34,39)(H,37,38)/t21-,27?,29?,33?/m1/s1. The molecule has 2 saturated carbocycles. The van der Waals surface area contributed by atoms with Crippen molar-refractivity contribution in [2.45, 2.75) is 96.3 Å². The highest BCUT2D eigenvalue weighted by atomic mass is 16.4. The first-order chi connectivity index (χ1) is 19.0. The molecular weight excluding hydrogens is 502 g/mol. The molecule has 0 aromatic heterocycles. The minimum Gasteiger partial charge on any atom is -0.481 e. The minimum atomic E-state index is -0.948. The fourth-order valence-corrected chi connectivity index (χ4v) is 6.74. The Morgan fingerprint density at radius 2 is 1.70 bits per heavy atom. The summed E-state index contributed by atoms with van der Waals surface area (Å²) in [5.41, 5.74) is 3.66. The fourth-order valence-electron chi connectivity index (χ4n) is 6.74. The van der Waals surface area contributed by atoms with Gasteiger partial charge in [0.2, 0.25) is 5.91 Å². The fraction of sp³-hybridized carbons (Fsp3) is 0.545. The second kappa shape index (κ2) is 11.0. The molecule has 1 aliphatic heterocycles. The smallest absolute Gasteiger partial charge is 0.305 e. The van der Waals surface area contributed by atoms with E-state index in [0.717, 1.165) is 36.8 Å². The van der Waals surface area contributed by atoms with Crippen LogP contribution in [-0.2, 0) is 9.59 Å². The van der Waals surface area contributed by atoms with Crippen LogP contribution in [0, 0.1) is 11.3 Å². The molecule has 3 fully saturated rings. The normalized spacial score (nSPS) is 25.7. The first-order valence-corrected chi connectivity index (χ1v) is 14.8. The quantitative estimate of drug-likeness (QED) is 0.382. The highest BCUT2D eigenvalue weighted by Gasteiger charge is 2.54. The maximum Gasteiger partial charge on any atom is 0.305 e. The zero-order chi connectivity index (χ0) is 28.7. The third kappa shape index (κ3) is 5.80. The van der Waals surface area contributed by atoms with Crippen molar-refractivity contribution < 1.29 is 19.5 Å². The molecule has 1 saturated heterocycles. The summed E-state index contributed by atoms with van der Waals surface area (Å²) in [4.78, 5) is 39.6. The van der Waals surface area contributed by atoms with Crippen LogP contribution in [0.2, 0.25) is 0 Å². The Labute approximate surface area is 237 Å². The molecule has 2 atom stereocenters. The number of hydrogen-bond acceptors (Lipinski definition) is 4. The topological polar surface area (TPSA) is 98.7 Å². The molecule has 3 aliphatic rings. The van der Waals surface area contributed by atoms with Crippen molar-refractivity contribution in [3.63, 3.8) is 0 Å². The van der Waals surface area contributed by atoms with Gasteiger partial charge in [-0.2, -0.15) is 0 Å². The van der Waals surface area contributed by atoms with Crippen molar-refractivity contribution in [1.82, 2.24) is 15.5 Å². The minimum absolute atomic E-state index is 0.0850. The lowest BCUT2D eigenvalue weighted by molar-refractivity contribution is -0.137. The number of carbonyl (C=O) groups is 3. The summed E-state index contributed by atoms with van der Waals surface area (Å²) < 4.78 is 0. The van der Waals surface area contributed by atoms with Gasteiger partial charge in [-0.25, -0.2) is 0 Å². The van der Waals surface area contributed by atoms with Gasteiger partial charge in [-0.15, -0.1) is 0 Å². The number of amides is 2. The number of nitrogens with zero attached hydrogens (tertiary/aromatic N) is 1. The van der Waals surface area contributed by atoms with E-state index in [1.807, 2.05) is 12.1 Å². The van der Waals surface area contributed by atoms with Crippen molar-refractivity contribution in [3.05, 3.63) is 70.8 Å². The largest absolute Gasteiger partial charge is 0.481 e. The number of carboxylic acid groups (broad SMARTS) is 1. The van der Waals surface area contributed by atoms with Gasteiger partial charge < -0.3 is 15.3 Å². The first-order valence-electron chi connectivity index (χ1n) is 14.8. The zero-order valence-corrected chi connectivity index (χ0v) is 24.2. The van der Waals surface area contributed by atoms with Gasteiger partial charge in [0, 0.05) is 12.1 Å². The van der Waals surface area contributed by atoms with Gasteiger partial charge in [-0.3, -0.25) is 19.7 Å². The maximum atomic E-state index is 14.3. The van der Waals surface area contributed by atoms with E-state index in [9.17, 15) is 14.4 Å². The highest BCUT2D eigenvalue weighted by molar-refractivity contribution is 5.94. The van der Waals surface area contributed by atoms with E-state index in [4.69, 9.17) is 5.11 Å². The van der Waals surface area contributed by atoms with Gasteiger partial charge in [0.05, 0.1) is 18.1 Å². The number of nitrogens with one attached hydrogen (secondary N) is 2. The van der Waals surface area contributed by atoms with Crippen LogP contribution < -0.4 is 10.6 Å². The third-order valence-electron chi connectivity index (χ3n) is 9.36. The molecule has 2 amide bonds. The van der Waals surface area contributed by atoms with Crippen LogP contribution in [0.3, 0.4) is 0 Å². The monoisotopic (exact) mass is 545 g/mol. The molecule has 7 heteroatoms. The molecule has 1 spiro atoms. The lowest BCUT2D eigenvalue weighted by Crippen LogP contribution is -2.55. The molecule has 0 radical (unpaired) electrons. The summed E-state index contributed by atoms with van der Waals surface area (Å²) in [7, 11) is 0. The molecular formula is C33H43N3O4. The molecule has 2 aromatic rings. The van der Waals surface area contributed by atoms with E-state index in [1.54, 1.807) is 12.1 Å². The number of aliphatic carboxylic acids is 1. The lowest BCUT2D eigenvalue weighted by Gasteiger charge is -2.48. The van der Waals surface area contributed by atoms with Crippen molar-refractivity contribution in [2.24, 2.45) is 11.3 Å². The summed E-state index contributed by atoms with van der Waals surface area (Å²) in [6, 6.07) is 15.4. The maximum absolute atomic E-state index is 14.3. The number of benzene rings is 2. The molecule has 7 nitrogen and oxygen atoms in total. The first kappa shape index (κ1) is 28.3. The number of hydrogen-bond donors (Lipinski definition) is 3. The summed E-state index contributed by atoms with van der Waals surface area (Å²) >= 11 is 0. The van der Waals surface area contributed by atoms with E-state index >= 15 is 0 Å². The molecule has 40 heavy (non-hydrogen) atoms. The Morgan fingerprint density at radius 3 is 2.30 bits per heavy atom. The van der Waals surface area contributed by atoms with Crippen LogP contribution in [0.25, 0.3) is 0 Å². The Balaban J connectivity index is 1.40. The number of carboxylic acids is 1. The molecule has 2 aliphatic carbocycles. The molecule has 0 bridgehead atoms. The molecule has 2 aromatic carbocycles. The molecule has 1 unspecified atom stereocenters. The van der Waals surface area contributed by atoms with Gasteiger partial charge in [0.25, 0.3) is 5.91 Å². The predicted molar refractivity (Wildman–Crippen MR) is 155 cm³/mol. The Bertz CT molecular complexity index is 1250. The SMILES string of the molecule is C[C@H](c1ccc(C(=O)NCCC(=O)O)cc1)N1C(=O)C(c2cccc(C3CC3)c2)NC12CCC(C(C)(C)C)CC2. The molecule has 214 valence electrons. The van der Waals surface area contributed by atoms with Crippen LogP contribution in [-0.4, -0.2) is 40.0 Å². The van der Waals surface area contributed by atoms with E-state index < -0.39 is 11.6 Å². The molecule has 1 heterocycles. The van der Waals surface area contributed by atoms with Crippen LogP contribution in [0.1, 0.15) is 118 Å². The Kier molecular flexibility index (Phi) is 7.79. The van der Waals surface area contributed by atoms with E-state index in [1.165, 1.54) is 18.4 Å². The van der Waals surface area contributed by atoms with Gasteiger partial charge in [-0.05, 0) is 91.5 Å². The van der Waals surface area contributed by atoms with Gasteiger partial charge in [0.15, 0.2) is 0 Å². The Morgan fingerprint density at radius 1 is 1.05 bits per heavy atom. The number of carbonyl (C=O) groups excluding carboxylic acids is 2. The summed E-state index contributed by atoms with van der Waals surface area (Å²) in [6.45, 7) is 9.11. The van der Waals surface area contributed by atoms with Crippen molar-refractivity contribution in [3.8, 4) is 0 Å². The second-order valence-corrected chi connectivity index (χ2v) is 13.1. The highest BCUT2D eigenvalue weighted by Crippen LogP contribution is 2.49. The average Bonchev–Trinajstić information content (AvgIpc) is 3.73. The van der Waals surface area contributed by atoms with Gasteiger partial charge >= 0.3 is 5.97 Å². The summed E-state index contributed by atoms with van der Waals surface area (Å²) in [5, 5.41) is 15.3.